The van der Waals surface area contributed by atoms with Gasteiger partial charge in [0.05, 0.1) is 4.92 Å². The molecule has 2 aliphatic rings. The number of aliphatic imine (C=N–C) groups is 2. The second kappa shape index (κ2) is 13.6. The normalized spacial score (nSPS) is 15.3. The molecule has 0 fully saturated rings. The van der Waals surface area contributed by atoms with E-state index in [2.05, 4.69) is 51.0 Å². The topological polar surface area (TPSA) is 269 Å². The third-order valence-corrected chi connectivity index (χ3v) is 8.82. The molecule has 1 atom stereocenters. The summed E-state index contributed by atoms with van der Waals surface area (Å²) in [5, 5.41) is 55.0. The summed E-state index contributed by atoms with van der Waals surface area (Å²) in [7, 11) is 0. The SMILES string of the molecule is CC(C(=O)c1cccc([N+](=O)[O-])c1Cl)(c1nc2n(c1O)/C(=N/C(=O)Nc1ccc(Cl)cc1)N=N2)c1nc(O)c2n1/C(=N/C(=O)Nc1ccc(Cl)cc1)N=N2. The predicted molar refractivity (Wildman–Crippen MR) is 192 cm³/mol. The number of nitrogens with zero attached hydrogens (tertiary/aromatic N) is 11. The van der Waals surface area contributed by atoms with Crippen molar-refractivity contribution in [3.8, 4) is 11.8 Å². The molecule has 4 N–H and O–H groups in total. The van der Waals surface area contributed by atoms with Crippen LogP contribution in [0.3, 0.4) is 0 Å². The molecule has 1 unspecified atom stereocenters. The number of nitrogens with one attached hydrogen (secondary N) is 2. The summed E-state index contributed by atoms with van der Waals surface area (Å²) < 4.78 is 1.79. The standard InChI is InChI=1S/C31H18Cl3N13O7/c1-31(21(48)17-3-2-4-18(19(17)34)47(53)54,20-24(50)46-26(37-20)43-44-28(46)40-30(52)36-16-11-7-14(33)8-12-16)25-38-23(49)22-41-42-27(45(22)25)39-29(51)35-15-9-5-13(32)6-10-15/h2-12,49-50H,1H3,(H,35,51)(H,36,52)/b39-27+,40-28+. The number of hydrogen-bond donors (Lipinski definition) is 4. The first-order valence-electron chi connectivity index (χ1n) is 15.0. The molecule has 4 amide bonds. The largest absolute Gasteiger partial charge is 0.493 e. The molecular formula is C31H18Cl3N13O7. The van der Waals surface area contributed by atoms with Gasteiger partial charge in [0.15, 0.2) is 5.78 Å². The number of benzene rings is 3. The summed E-state index contributed by atoms with van der Waals surface area (Å²) in [5.74, 6) is -4.85. The van der Waals surface area contributed by atoms with Gasteiger partial charge in [-0.2, -0.15) is 15.0 Å². The maximum absolute atomic E-state index is 14.8. The molecular weight excluding hydrogens is 773 g/mol. The fraction of sp³-hybridized carbons (Fsp3) is 0.0645. The summed E-state index contributed by atoms with van der Waals surface area (Å²) in [6.45, 7) is 1.20. The van der Waals surface area contributed by atoms with Crippen molar-refractivity contribution in [2.75, 3.05) is 10.6 Å². The maximum atomic E-state index is 14.8. The Morgan fingerprint density at radius 3 is 1.93 bits per heavy atom. The fourth-order valence-corrected chi connectivity index (χ4v) is 5.92. The minimum absolute atomic E-state index is 0.309. The Balaban J connectivity index is 1.36. The van der Waals surface area contributed by atoms with Crippen LogP contribution >= 0.6 is 34.8 Å². The first kappa shape index (κ1) is 35.5. The van der Waals surface area contributed by atoms with Crippen LogP contribution in [0, 0.1) is 10.1 Å². The van der Waals surface area contributed by atoms with Gasteiger partial charge in [-0.15, -0.1) is 20.5 Å². The minimum atomic E-state index is -2.38. The van der Waals surface area contributed by atoms with Gasteiger partial charge in [-0.1, -0.05) is 40.9 Å². The molecule has 23 heteroatoms. The van der Waals surface area contributed by atoms with Crippen LogP contribution in [0.25, 0.3) is 0 Å². The molecule has 0 radical (unpaired) electrons. The first-order chi connectivity index (χ1) is 25.8. The molecule has 54 heavy (non-hydrogen) atoms. The zero-order chi connectivity index (χ0) is 38.5. The van der Waals surface area contributed by atoms with E-state index in [0.717, 1.165) is 15.2 Å². The molecule has 20 nitrogen and oxygen atoms in total. The highest BCUT2D eigenvalue weighted by Gasteiger charge is 2.51. The van der Waals surface area contributed by atoms with Crippen LogP contribution in [0.15, 0.2) is 97.2 Å². The Morgan fingerprint density at radius 2 is 1.35 bits per heavy atom. The van der Waals surface area contributed by atoms with Crippen molar-refractivity contribution in [3.63, 3.8) is 0 Å². The average molecular weight is 791 g/mol. The van der Waals surface area contributed by atoms with Crippen LogP contribution in [0.4, 0.5) is 38.4 Å². The number of imidazole rings is 2. The van der Waals surface area contributed by atoms with Crippen LogP contribution in [0.1, 0.15) is 28.8 Å². The van der Waals surface area contributed by atoms with Crippen molar-refractivity contribution >= 4 is 93.4 Å². The zero-order valence-electron chi connectivity index (χ0n) is 26.8. The summed E-state index contributed by atoms with van der Waals surface area (Å²) in [6, 6.07) is 13.7. The number of halogens is 3. The molecule has 0 saturated carbocycles. The van der Waals surface area contributed by atoms with Crippen LogP contribution in [0.5, 0.6) is 11.8 Å². The van der Waals surface area contributed by atoms with Gasteiger partial charge in [0.2, 0.25) is 11.7 Å². The number of aromatic nitrogens is 4. The van der Waals surface area contributed by atoms with E-state index in [1.165, 1.54) is 67.6 Å². The van der Waals surface area contributed by atoms with Crippen molar-refractivity contribution in [1.29, 1.82) is 0 Å². The van der Waals surface area contributed by atoms with Gasteiger partial charge in [0.25, 0.3) is 29.4 Å². The minimum Gasteiger partial charge on any atom is -0.493 e. The lowest BCUT2D eigenvalue weighted by atomic mass is 9.78. The quantitative estimate of drug-likeness (QED) is 0.0716. The molecule has 270 valence electrons. The van der Waals surface area contributed by atoms with Gasteiger partial charge in [0.1, 0.15) is 22.0 Å². The lowest BCUT2D eigenvalue weighted by molar-refractivity contribution is -0.384. The zero-order valence-corrected chi connectivity index (χ0v) is 29.1. The van der Waals surface area contributed by atoms with E-state index in [-0.39, 0.29) is 11.8 Å². The van der Waals surface area contributed by atoms with E-state index in [0.29, 0.717) is 21.4 Å². The summed E-state index contributed by atoms with van der Waals surface area (Å²) in [5.41, 5.74) is -3.33. The van der Waals surface area contributed by atoms with Gasteiger partial charge >= 0.3 is 12.1 Å². The van der Waals surface area contributed by atoms with E-state index < -0.39 is 79.7 Å². The number of nitro benzene ring substituents is 1. The van der Waals surface area contributed by atoms with Gasteiger partial charge in [-0.05, 0) is 61.5 Å². The highest BCUT2D eigenvalue weighted by molar-refractivity contribution is 6.36. The molecule has 0 bridgehead atoms. The molecule has 7 rings (SSSR count). The molecule has 0 saturated heterocycles. The van der Waals surface area contributed by atoms with Crippen molar-refractivity contribution < 1.29 is 29.5 Å². The number of carbonyl (C=O) groups is 3. The number of rotatable bonds is 7. The Bertz CT molecular complexity index is 2560. The maximum Gasteiger partial charge on any atom is 0.348 e. The highest BCUT2D eigenvalue weighted by atomic mass is 35.5. The smallest absolute Gasteiger partial charge is 0.348 e. The fourth-order valence-electron chi connectivity index (χ4n) is 5.39. The van der Waals surface area contributed by atoms with Crippen LogP contribution < -0.4 is 10.6 Å². The van der Waals surface area contributed by atoms with Gasteiger partial charge in [-0.3, -0.25) is 14.9 Å². The van der Waals surface area contributed by atoms with E-state index in [1.54, 1.807) is 0 Å². The first-order valence-corrected chi connectivity index (χ1v) is 16.2. The summed E-state index contributed by atoms with van der Waals surface area (Å²) in [6.07, 6.45) is 0. The van der Waals surface area contributed by atoms with E-state index in [9.17, 15) is 34.7 Å². The van der Waals surface area contributed by atoms with Crippen LogP contribution in [0.2, 0.25) is 15.1 Å². The van der Waals surface area contributed by atoms with Crippen molar-refractivity contribution in [2.24, 2.45) is 30.4 Å². The second-order valence-electron chi connectivity index (χ2n) is 11.3. The second-order valence-corrected chi connectivity index (χ2v) is 12.5. The van der Waals surface area contributed by atoms with Gasteiger partial charge in [0, 0.05) is 33.0 Å². The molecule has 0 aliphatic carbocycles. The molecule has 2 aromatic heterocycles. The van der Waals surface area contributed by atoms with E-state index >= 15 is 0 Å². The number of Topliss-reactive ketones (excluding diaryl/α,β-unsaturated/α-hetero) is 1. The number of azo groups is 2. The summed E-state index contributed by atoms with van der Waals surface area (Å²) >= 11 is 18.2. The number of carbonyl (C=O) groups excluding carboxylic acids is 3. The van der Waals surface area contributed by atoms with Crippen molar-refractivity contribution in [1.82, 2.24) is 19.1 Å². The van der Waals surface area contributed by atoms with Crippen molar-refractivity contribution in [2.45, 2.75) is 12.3 Å². The van der Waals surface area contributed by atoms with Crippen LogP contribution in [-0.2, 0) is 5.41 Å². The van der Waals surface area contributed by atoms with Gasteiger partial charge in [-0.25, -0.2) is 23.7 Å². The number of ketones is 1. The Labute approximate surface area is 315 Å². The predicted octanol–water partition coefficient (Wildman–Crippen LogP) is 7.62. The number of hydrogen-bond acceptors (Lipinski definition) is 11. The monoisotopic (exact) mass is 789 g/mol. The van der Waals surface area contributed by atoms with Crippen LogP contribution in [-0.4, -0.2) is 64.0 Å². The third-order valence-electron chi connectivity index (χ3n) is 7.92. The third kappa shape index (κ3) is 6.18. The Hall–Kier alpha value is -6.90. The van der Waals surface area contributed by atoms with E-state index in [1.807, 2.05) is 0 Å². The lowest BCUT2D eigenvalue weighted by Crippen LogP contribution is -2.39. The number of urea groups is 2. The van der Waals surface area contributed by atoms with E-state index in [4.69, 9.17) is 34.8 Å². The lowest BCUT2D eigenvalue weighted by Gasteiger charge is -2.26. The number of aromatic hydroxyl groups is 2. The molecule has 3 aromatic carbocycles. The van der Waals surface area contributed by atoms with Gasteiger partial charge < -0.3 is 20.8 Å². The number of nitro groups is 1. The molecule has 5 aromatic rings. The average Bonchev–Trinajstić information content (AvgIpc) is 3.90. The molecule has 2 aliphatic heterocycles. The molecule has 4 heterocycles. The Kier molecular flexibility index (Phi) is 8.93. The Morgan fingerprint density at radius 1 is 0.796 bits per heavy atom. The number of amides is 4. The number of fused-ring (bicyclic) bond motifs is 2. The summed E-state index contributed by atoms with van der Waals surface area (Å²) in [4.78, 5) is 67.8. The number of anilines is 2. The highest BCUT2D eigenvalue weighted by Crippen LogP contribution is 2.47. The molecule has 0 spiro atoms. The van der Waals surface area contributed by atoms with Crippen molar-refractivity contribution in [3.05, 3.63) is 109 Å².